The van der Waals surface area contributed by atoms with Gasteiger partial charge in [-0.3, -0.25) is 14.8 Å². The summed E-state index contributed by atoms with van der Waals surface area (Å²) in [4.78, 5) is 55.7. The molecule has 2 fully saturated rings. The van der Waals surface area contributed by atoms with E-state index in [9.17, 15) is 24.6 Å². The molecule has 2 aromatic carbocycles. The number of amides is 3. The van der Waals surface area contributed by atoms with Crippen LogP contribution in [0.1, 0.15) is 52.9 Å². The van der Waals surface area contributed by atoms with Crippen LogP contribution in [-0.4, -0.2) is 109 Å². The molecule has 310 valence electrons. The third-order valence-corrected chi connectivity index (χ3v) is 8.62. The third kappa shape index (κ3) is 12.4. The van der Waals surface area contributed by atoms with E-state index in [1.807, 2.05) is 41.5 Å². The normalized spacial score (nSPS) is 14.3. The minimum atomic E-state index is -0.524. The maximum Gasteiger partial charge on any atom is 0.410 e. The highest BCUT2D eigenvalue weighted by molar-refractivity contribution is 5.69. The number of hydrogen-bond acceptors (Lipinski definition) is 14. The number of aromatic hydroxyl groups is 2. The summed E-state index contributed by atoms with van der Waals surface area (Å²) in [7, 11) is 0. The second kappa shape index (κ2) is 18.8. The molecule has 2 aromatic heterocycles. The first-order chi connectivity index (χ1) is 27.5. The molecule has 6 rings (SSSR count). The van der Waals surface area contributed by atoms with Gasteiger partial charge in [-0.25, -0.2) is 19.6 Å². The Morgan fingerprint density at radius 2 is 1.12 bits per heavy atom. The topological polar surface area (TPSA) is 225 Å². The van der Waals surface area contributed by atoms with Gasteiger partial charge in [-0.1, -0.05) is 0 Å². The van der Waals surface area contributed by atoms with Crippen LogP contribution >= 0.6 is 0 Å². The van der Waals surface area contributed by atoms with Gasteiger partial charge in [0, 0.05) is 55.7 Å². The molecule has 2 aliphatic rings. The predicted octanol–water partition coefficient (Wildman–Crippen LogP) is 4.89. The molecule has 0 bridgehead atoms. The number of aromatic nitrogens is 4. The molecule has 2 aliphatic heterocycles. The number of benzene rings is 2. The standard InChI is InChI=1S/C21H26N4O5.C20H26N4O4/c1-21(2,3)30-20(28)25-10-14(11-25)12-29-19-18(8-22-13-26)23-9-17(24-19)15-4-6-16(27)7-5-15;1-20(2,3)28-19(26)24-10-13(11-24)12-27-18-16(8-21)22-9-17(23-18)14-4-6-15(25)7-5-14/h4-7,9,13-14,27H,8,10-12H2,1-3H3,(H,22,26);4-7,9,13,25H,8,10-12,21H2,1-3H3. The number of rotatable bonds is 12. The van der Waals surface area contributed by atoms with Gasteiger partial charge in [-0.2, -0.15) is 0 Å². The number of nitrogens with two attached hydrogens (primary N) is 1. The quantitative estimate of drug-likeness (QED) is 0.140. The van der Waals surface area contributed by atoms with Crippen molar-refractivity contribution >= 4 is 18.6 Å². The molecule has 17 nitrogen and oxygen atoms in total. The van der Waals surface area contributed by atoms with Gasteiger partial charge in [0.05, 0.1) is 43.5 Å². The minimum Gasteiger partial charge on any atom is -0.508 e. The van der Waals surface area contributed by atoms with Crippen molar-refractivity contribution in [2.45, 2.75) is 65.8 Å². The maximum atomic E-state index is 12.0. The maximum absolute atomic E-state index is 12.0. The van der Waals surface area contributed by atoms with Crippen LogP contribution in [0.2, 0.25) is 0 Å². The molecular formula is C41H52N8O9. The second-order valence-corrected chi connectivity index (χ2v) is 15.9. The Bertz CT molecular complexity index is 2010. The lowest BCUT2D eigenvalue weighted by Gasteiger charge is -2.39. The van der Waals surface area contributed by atoms with Crippen molar-refractivity contribution in [3.63, 3.8) is 0 Å². The fraction of sp³-hybridized carbons (Fsp3) is 0.439. The molecule has 0 unspecified atom stereocenters. The lowest BCUT2D eigenvalue weighted by molar-refractivity contribution is -0.109. The molecule has 0 atom stereocenters. The molecule has 0 spiro atoms. The largest absolute Gasteiger partial charge is 0.508 e. The van der Waals surface area contributed by atoms with E-state index in [0.29, 0.717) is 80.3 Å². The average molecular weight is 801 g/mol. The Morgan fingerprint density at radius 3 is 1.50 bits per heavy atom. The lowest BCUT2D eigenvalue weighted by Crippen LogP contribution is -2.53. The van der Waals surface area contributed by atoms with Gasteiger partial charge >= 0.3 is 12.2 Å². The number of carbonyl (C=O) groups is 3. The Balaban J connectivity index is 0.000000221. The fourth-order valence-corrected chi connectivity index (χ4v) is 5.66. The smallest absolute Gasteiger partial charge is 0.410 e. The third-order valence-electron chi connectivity index (χ3n) is 8.62. The Kier molecular flexibility index (Phi) is 13.9. The van der Waals surface area contributed by atoms with E-state index in [4.69, 9.17) is 24.7 Å². The van der Waals surface area contributed by atoms with Crippen LogP contribution in [0.4, 0.5) is 9.59 Å². The highest BCUT2D eigenvalue weighted by atomic mass is 16.6. The number of nitrogens with one attached hydrogen (secondary N) is 1. The summed E-state index contributed by atoms with van der Waals surface area (Å²) < 4.78 is 22.5. The van der Waals surface area contributed by atoms with Gasteiger partial charge in [0.1, 0.15) is 34.1 Å². The highest BCUT2D eigenvalue weighted by Crippen LogP contribution is 2.27. The van der Waals surface area contributed by atoms with Gasteiger partial charge in [0.2, 0.25) is 18.2 Å². The summed E-state index contributed by atoms with van der Waals surface area (Å²) in [6.07, 6.45) is 3.18. The molecule has 2 saturated heterocycles. The van der Waals surface area contributed by atoms with Crippen LogP contribution in [0.3, 0.4) is 0 Å². The molecule has 0 saturated carbocycles. The second-order valence-electron chi connectivity index (χ2n) is 15.9. The molecule has 0 aliphatic carbocycles. The zero-order valence-electron chi connectivity index (χ0n) is 33.7. The first-order valence-electron chi connectivity index (χ1n) is 18.9. The number of ether oxygens (including phenoxy) is 4. The summed E-state index contributed by atoms with van der Waals surface area (Å²) in [5.74, 6) is 1.43. The van der Waals surface area contributed by atoms with Gasteiger partial charge < -0.3 is 50.0 Å². The number of phenols is 2. The lowest BCUT2D eigenvalue weighted by atomic mass is 10.0. The number of hydrogen-bond donors (Lipinski definition) is 4. The van der Waals surface area contributed by atoms with E-state index in [-0.39, 0.29) is 48.6 Å². The molecular weight excluding hydrogens is 748 g/mol. The average Bonchev–Trinajstić information content (AvgIpc) is 3.12. The predicted molar refractivity (Wildman–Crippen MR) is 213 cm³/mol. The molecule has 0 radical (unpaired) electrons. The van der Waals surface area contributed by atoms with Crippen LogP contribution in [0, 0.1) is 11.8 Å². The van der Waals surface area contributed by atoms with E-state index >= 15 is 0 Å². The van der Waals surface area contributed by atoms with E-state index in [2.05, 4.69) is 25.3 Å². The van der Waals surface area contributed by atoms with Crippen LogP contribution in [0.5, 0.6) is 23.3 Å². The molecule has 4 heterocycles. The van der Waals surface area contributed by atoms with Crippen LogP contribution in [-0.2, 0) is 27.4 Å². The zero-order valence-corrected chi connectivity index (χ0v) is 33.7. The Morgan fingerprint density at radius 1 is 0.724 bits per heavy atom. The van der Waals surface area contributed by atoms with Crippen molar-refractivity contribution in [2.75, 3.05) is 39.4 Å². The molecule has 58 heavy (non-hydrogen) atoms. The first-order valence-corrected chi connectivity index (χ1v) is 18.9. The van der Waals surface area contributed by atoms with Gasteiger partial charge in [0.25, 0.3) is 0 Å². The number of likely N-dealkylation sites (tertiary alicyclic amines) is 2. The molecule has 17 heteroatoms. The summed E-state index contributed by atoms with van der Waals surface area (Å²) >= 11 is 0. The summed E-state index contributed by atoms with van der Waals surface area (Å²) in [5.41, 5.74) is 8.62. The van der Waals surface area contributed by atoms with E-state index in [0.717, 1.165) is 11.1 Å². The minimum absolute atomic E-state index is 0.156. The molecule has 4 aromatic rings. The van der Waals surface area contributed by atoms with Gasteiger partial charge in [-0.15, -0.1) is 0 Å². The highest BCUT2D eigenvalue weighted by Gasteiger charge is 2.35. The van der Waals surface area contributed by atoms with Crippen molar-refractivity contribution in [1.29, 1.82) is 0 Å². The van der Waals surface area contributed by atoms with Crippen molar-refractivity contribution in [3.05, 3.63) is 72.3 Å². The summed E-state index contributed by atoms with van der Waals surface area (Å²) in [5, 5.41) is 21.5. The van der Waals surface area contributed by atoms with Crippen LogP contribution in [0.25, 0.3) is 22.5 Å². The Hall–Kier alpha value is -6.23. The van der Waals surface area contributed by atoms with Gasteiger partial charge in [-0.05, 0) is 90.1 Å². The molecule has 3 amide bonds. The van der Waals surface area contributed by atoms with Crippen LogP contribution in [0.15, 0.2) is 60.9 Å². The Labute approximate surface area is 337 Å². The van der Waals surface area contributed by atoms with E-state index in [1.165, 1.54) is 0 Å². The zero-order chi connectivity index (χ0) is 42.0. The molecule has 5 N–H and O–H groups in total. The van der Waals surface area contributed by atoms with Crippen molar-refractivity contribution in [2.24, 2.45) is 17.6 Å². The SMILES string of the molecule is CC(C)(C)OC(=O)N1CC(COc2nc(-c3ccc(O)cc3)cnc2CN)C1.CC(C)(C)OC(=O)N1CC(COc2nc(-c3ccc(O)cc3)cnc2CNC=O)C1. The van der Waals surface area contributed by atoms with E-state index in [1.54, 1.807) is 70.7 Å². The van der Waals surface area contributed by atoms with E-state index < -0.39 is 11.2 Å². The number of carbonyl (C=O) groups excluding carboxylic acids is 3. The van der Waals surface area contributed by atoms with Crippen LogP contribution < -0.4 is 20.5 Å². The van der Waals surface area contributed by atoms with Crippen molar-refractivity contribution in [3.8, 4) is 45.8 Å². The first kappa shape index (κ1) is 42.9. The summed E-state index contributed by atoms with van der Waals surface area (Å²) in [6.45, 7) is 14.5. The van der Waals surface area contributed by atoms with Crippen molar-refractivity contribution in [1.82, 2.24) is 35.1 Å². The number of phenolic OH excluding ortho intramolecular Hbond substituents is 2. The van der Waals surface area contributed by atoms with Gasteiger partial charge in [0.15, 0.2) is 0 Å². The fourth-order valence-electron chi connectivity index (χ4n) is 5.66. The summed E-state index contributed by atoms with van der Waals surface area (Å²) in [6, 6.07) is 13.3. The monoisotopic (exact) mass is 800 g/mol. The number of nitrogens with zero attached hydrogens (tertiary/aromatic N) is 6. The van der Waals surface area contributed by atoms with Crippen molar-refractivity contribution < 1.29 is 43.5 Å².